The number of carbonyl (C=O) groups excluding carboxylic acids is 2. The van der Waals surface area contributed by atoms with E-state index in [4.69, 9.17) is 9.47 Å². The summed E-state index contributed by atoms with van der Waals surface area (Å²) < 4.78 is 34.4. The van der Waals surface area contributed by atoms with E-state index < -0.39 is 34.0 Å². The van der Waals surface area contributed by atoms with Gasteiger partial charge in [-0.15, -0.1) is 0 Å². The van der Waals surface area contributed by atoms with Crippen LogP contribution >= 0.6 is 0 Å². The minimum Gasteiger partial charge on any atom is -0.454 e. The molecule has 0 bridgehead atoms. The first-order valence-corrected chi connectivity index (χ1v) is 9.49. The molecular formula is C18H16O6S. The van der Waals surface area contributed by atoms with Gasteiger partial charge in [0.15, 0.2) is 22.0 Å². The van der Waals surface area contributed by atoms with Crippen molar-refractivity contribution in [2.45, 2.75) is 12.2 Å². The summed E-state index contributed by atoms with van der Waals surface area (Å²) in [6.07, 6.45) is -2.05. The molecule has 2 aromatic rings. The highest BCUT2D eigenvalue weighted by Crippen LogP contribution is 2.21. The van der Waals surface area contributed by atoms with Gasteiger partial charge in [-0.05, 0) is 24.3 Å². The van der Waals surface area contributed by atoms with Gasteiger partial charge in [-0.1, -0.05) is 36.4 Å². The molecule has 0 aromatic heterocycles. The Morgan fingerprint density at radius 1 is 0.720 bits per heavy atom. The normalized spacial score (nSPS) is 21.4. The molecule has 1 aliphatic heterocycles. The first-order valence-electron chi connectivity index (χ1n) is 7.67. The van der Waals surface area contributed by atoms with E-state index in [0.29, 0.717) is 11.1 Å². The summed E-state index contributed by atoms with van der Waals surface area (Å²) in [4.78, 5) is 24.3. The minimum absolute atomic E-state index is 0.305. The molecule has 130 valence electrons. The van der Waals surface area contributed by atoms with Crippen LogP contribution in [0.3, 0.4) is 0 Å². The van der Waals surface area contributed by atoms with Crippen LogP contribution in [0.15, 0.2) is 60.7 Å². The standard InChI is InChI=1S/C18H16O6S/c19-17(13-7-3-1-4-8-13)23-15-11-25(21,22)12-16(15)24-18(20)14-9-5-2-6-10-14/h1-10,15-16H,11-12H2/t15-,16-/m1/s1. The molecule has 25 heavy (non-hydrogen) atoms. The predicted octanol–water partition coefficient (Wildman–Crippen LogP) is 1.87. The zero-order chi connectivity index (χ0) is 17.9. The van der Waals surface area contributed by atoms with Crippen LogP contribution in [0.4, 0.5) is 0 Å². The molecule has 0 saturated carbocycles. The topological polar surface area (TPSA) is 86.7 Å². The number of benzene rings is 2. The number of sulfone groups is 1. The Morgan fingerprint density at radius 2 is 1.08 bits per heavy atom. The van der Waals surface area contributed by atoms with Crippen molar-refractivity contribution in [2.75, 3.05) is 11.5 Å². The molecular weight excluding hydrogens is 344 g/mol. The quantitative estimate of drug-likeness (QED) is 0.774. The lowest BCUT2D eigenvalue weighted by molar-refractivity contribution is -0.0176. The highest BCUT2D eigenvalue weighted by atomic mass is 32.2. The van der Waals surface area contributed by atoms with Gasteiger partial charge >= 0.3 is 11.9 Å². The molecule has 2 aromatic carbocycles. The predicted molar refractivity (Wildman–Crippen MR) is 89.9 cm³/mol. The summed E-state index contributed by atoms with van der Waals surface area (Å²) in [5.74, 6) is -2.02. The van der Waals surface area contributed by atoms with E-state index in [9.17, 15) is 18.0 Å². The monoisotopic (exact) mass is 360 g/mol. The number of hydrogen-bond acceptors (Lipinski definition) is 6. The van der Waals surface area contributed by atoms with E-state index >= 15 is 0 Å². The van der Waals surface area contributed by atoms with Crippen LogP contribution < -0.4 is 0 Å². The van der Waals surface area contributed by atoms with Crippen molar-refractivity contribution in [3.05, 3.63) is 71.8 Å². The number of rotatable bonds is 4. The third kappa shape index (κ3) is 4.24. The molecule has 0 amide bonds. The fourth-order valence-electron chi connectivity index (χ4n) is 2.56. The number of hydrogen-bond donors (Lipinski definition) is 0. The van der Waals surface area contributed by atoms with Crippen molar-refractivity contribution in [1.29, 1.82) is 0 Å². The van der Waals surface area contributed by atoms with Crippen LogP contribution in [-0.2, 0) is 19.3 Å². The number of esters is 2. The molecule has 0 aliphatic carbocycles. The molecule has 1 fully saturated rings. The number of carbonyl (C=O) groups is 2. The Kier molecular flexibility index (Phi) is 4.85. The molecule has 1 saturated heterocycles. The Bertz CT molecular complexity index is 793. The zero-order valence-corrected chi connectivity index (χ0v) is 14.0. The van der Waals surface area contributed by atoms with Crippen LogP contribution in [0.2, 0.25) is 0 Å². The largest absolute Gasteiger partial charge is 0.454 e. The second-order valence-electron chi connectivity index (χ2n) is 5.70. The third-order valence-corrected chi connectivity index (χ3v) is 5.46. The lowest BCUT2D eigenvalue weighted by Gasteiger charge is -2.19. The average Bonchev–Trinajstić information content (AvgIpc) is 2.89. The molecule has 2 atom stereocenters. The first-order chi connectivity index (χ1) is 11.9. The molecule has 3 rings (SSSR count). The second kappa shape index (κ2) is 7.06. The summed E-state index contributed by atoms with van der Waals surface area (Å²) >= 11 is 0. The van der Waals surface area contributed by atoms with Crippen LogP contribution in [0, 0.1) is 0 Å². The van der Waals surface area contributed by atoms with Crippen molar-refractivity contribution in [3.63, 3.8) is 0 Å². The number of ether oxygens (including phenoxy) is 2. The Morgan fingerprint density at radius 3 is 1.44 bits per heavy atom. The highest BCUT2D eigenvalue weighted by molar-refractivity contribution is 7.91. The fourth-order valence-corrected chi connectivity index (χ4v) is 4.27. The van der Waals surface area contributed by atoms with Gasteiger partial charge in [0.25, 0.3) is 0 Å². The summed E-state index contributed by atoms with van der Waals surface area (Å²) in [6, 6.07) is 16.5. The highest BCUT2D eigenvalue weighted by Gasteiger charge is 2.43. The van der Waals surface area contributed by atoms with Gasteiger partial charge < -0.3 is 9.47 Å². The molecule has 6 nitrogen and oxygen atoms in total. The van der Waals surface area contributed by atoms with Crippen molar-refractivity contribution >= 4 is 21.8 Å². The van der Waals surface area contributed by atoms with Crippen LogP contribution in [-0.4, -0.2) is 44.1 Å². The Balaban J connectivity index is 1.73. The second-order valence-corrected chi connectivity index (χ2v) is 7.85. The maximum Gasteiger partial charge on any atom is 0.338 e. The van der Waals surface area contributed by atoms with Crippen molar-refractivity contribution in [2.24, 2.45) is 0 Å². The van der Waals surface area contributed by atoms with E-state index in [1.807, 2.05) is 0 Å². The Hall–Kier alpha value is -2.67. The molecule has 0 N–H and O–H groups in total. The summed E-state index contributed by atoms with van der Waals surface area (Å²) in [6.45, 7) is 0. The maximum atomic E-state index is 12.2. The van der Waals surface area contributed by atoms with Gasteiger partial charge in [-0.25, -0.2) is 18.0 Å². The lowest BCUT2D eigenvalue weighted by Crippen LogP contribution is -2.34. The molecule has 0 radical (unpaired) electrons. The smallest absolute Gasteiger partial charge is 0.338 e. The first kappa shape index (κ1) is 17.2. The Labute approximate surface area is 145 Å². The van der Waals surface area contributed by atoms with Gasteiger partial charge in [0.2, 0.25) is 0 Å². The molecule has 0 spiro atoms. The van der Waals surface area contributed by atoms with Gasteiger partial charge in [0, 0.05) is 0 Å². The van der Waals surface area contributed by atoms with E-state index in [1.54, 1.807) is 60.7 Å². The molecule has 1 aliphatic rings. The zero-order valence-electron chi connectivity index (χ0n) is 13.2. The molecule has 1 heterocycles. The van der Waals surface area contributed by atoms with E-state index in [-0.39, 0.29) is 11.5 Å². The van der Waals surface area contributed by atoms with Crippen molar-refractivity contribution in [3.8, 4) is 0 Å². The van der Waals surface area contributed by atoms with Crippen molar-refractivity contribution in [1.82, 2.24) is 0 Å². The third-order valence-electron chi connectivity index (χ3n) is 3.79. The van der Waals surface area contributed by atoms with Crippen LogP contribution in [0.1, 0.15) is 20.7 Å². The van der Waals surface area contributed by atoms with Gasteiger partial charge in [0.05, 0.1) is 22.6 Å². The van der Waals surface area contributed by atoms with E-state index in [0.717, 1.165) is 0 Å². The average molecular weight is 360 g/mol. The molecule has 7 heteroatoms. The van der Waals surface area contributed by atoms with E-state index in [2.05, 4.69) is 0 Å². The fraction of sp³-hybridized carbons (Fsp3) is 0.222. The van der Waals surface area contributed by atoms with E-state index in [1.165, 1.54) is 0 Å². The SMILES string of the molecule is O=C(O[C@@H]1CS(=O)(=O)C[C@H]1OC(=O)c1ccccc1)c1ccccc1. The van der Waals surface area contributed by atoms with Crippen LogP contribution in [0.5, 0.6) is 0 Å². The minimum atomic E-state index is -3.45. The van der Waals surface area contributed by atoms with Gasteiger partial charge in [-0.3, -0.25) is 0 Å². The summed E-state index contributed by atoms with van der Waals surface area (Å²) in [5.41, 5.74) is 0.611. The maximum absolute atomic E-state index is 12.2. The molecule has 0 unspecified atom stereocenters. The lowest BCUT2D eigenvalue weighted by atomic mass is 10.2. The summed E-state index contributed by atoms with van der Waals surface area (Å²) in [5, 5.41) is 0. The van der Waals surface area contributed by atoms with Gasteiger partial charge in [0.1, 0.15) is 0 Å². The van der Waals surface area contributed by atoms with Gasteiger partial charge in [-0.2, -0.15) is 0 Å². The van der Waals surface area contributed by atoms with Crippen molar-refractivity contribution < 1.29 is 27.5 Å². The summed E-state index contributed by atoms with van der Waals surface area (Å²) in [7, 11) is -3.45. The van der Waals surface area contributed by atoms with Crippen LogP contribution in [0.25, 0.3) is 0 Å².